The molecule has 0 aliphatic carbocycles. The molecule has 0 aromatic heterocycles. The monoisotopic (exact) mass is 511 g/mol. The molecular weight excluding hydrogens is 470 g/mol. The van der Waals surface area contributed by atoms with Crippen molar-refractivity contribution in [1.29, 1.82) is 0 Å². The summed E-state index contributed by atoms with van der Waals surface area (Å²) >= 11 is 0. The first kappa shape index (κ1) is 29.7. The van der Waals surface area contributed by atoms with Gasteiger partial charge in [0.15, 0.2) is 0 Å². The molecule has 0 radical (unpaired) electrons. The molecule has 2 aromatic carbocycles. The minimum Gasteiger partial charge on any atom is -0.497 e. The number of rotatable bonds is 12. The maximum atomic E-state index is 13.7. The van der Waals surface area contributed by atoms with E-state index >= 15 is 0 Å². The molecule has 3 amide bonds. The van der Waals surface area contributed by atoms with Gasteiger partial charge in [-0.3, -0.25) is 9.59 Å². The highest BCUT2D eigenvalue weighted by Crippen LogP contribution is 2.25. The zero-order chi connectivity index (χ0) is 27.4. The van der Waals surface area contributed by atoms with Crippen LogP contribution in [0.4, 0.5) is 10.5 Å². The number of unbranched alkanes of at least 4 members (excludes halogenated alkanes) is 3. The van der Waals surface area contributed by atoms with Crippen LogP contribution in [0.2, 0.25) is 0 Å². The lowest BCUT2D eigenvalue weighted by Gasteiger charge is -2.32. The van der Waals surface area contributed by atoms with Crippen LogP contribution in [-0.2, 0) is 14.3 Å². The normalized spacial score (nSPS) is 11.8. The molecule has 0 heterocycles. The van der Waals surface area contributed by atoms with E-state index in [-0.39, 0.29) is 18.4 Å². The summed E-state index contributed by atoms with van der Waals surface area (Å²) in [6.07, 6.45) is 3.07. The van der Waals surface area contributed by atoms with Crippen molar-refractivity contribution < 1.29 is 23.9 Å². The minimum absolute atomic E-state index is 0.277. The molecule has 37 heavy (non-hydrogen) atoms. The van der Waals surface area contributed by atoms with Crippen molar-refractivity contribution >= 4 is 23.6 Å². The van der Waals surface area contributed by atoms with E-state index in [9.17, 15) is 14.4 Å². The summed E-state index contributed by atoms with van der Waals surface area (Å²) in [5.41, 5.74) is 1.65. The Hall–Kier alpha value is -3.55. The molecule has 2 aromatic rings. The first-order valence-corrected chi connectivity index (χ1v) is 12.8. The van der Waals surface area contributed by atoms with Crippen molar-refractivity contribution in [3.63, 3.8) is 0 Å². The van der Waals surface area contributed by atoms with Gasteiger partial charge in [-0.1, -0.05) is 56.0 Å². The zero-order valence-corrected chi connectivity index (χ0v) is 22.9. The third kappa shape index (κ3) is 10.1. The number of hydrogen-bond acceptors (Lipinski definition) is 5. The lowest BCUT2D eigenvalue weighted by atomic mass is 10.0. The highest BCUT2D eigenvalue weighted by molar-refractivity contribution is 5.98. The van der Waals surface area contributed by atoms with Gasteiger partial charge in [-0.15, -0.1) is 0 Å². The van der Waals surface area contributed by atoms with Gasteiger partial charge in [0.2, 0.25) is 5.91 Å². The van der Waals surface area contributed by atoms with E-state index in [4.69, 9.17) is 9.47 Å². The van der Waals surface area contributed by atoms with Crippen molar-refractivity contribution in [3.05, 3.63) is 59.7 Å². The molecule has 0 aliphatic heterocycles. The number of carbonyl (C=O) groups excluding carboxylic acids is 3. The lowest BCUT2D eigenvalue weighted by molar-refractivity contribution is -0.138. The van der Waals surface area contributed by atoms with Crippen LogP contribution in [0.3, 0.4) is 0 Å². The number of amides is 3. The van der Waals surface area contributed by atoms with Crippen LogP contribution < -0.4 is 15.4 Å². The van der Waals surface area contributed by atoms with Gasteiger partial charge in [0.1, 0.15) is 23.9 Å². The molecule has 0 spiro atoms. The molecule has 8 heteroatoms. The molecular formula is C29H41N3O5. The summed E-state index contributed by atoms with van der Waals surface area (Å²) in [5, 5.41) is 5.48. The second-order valence-corrected chi connectivity index (χ2v) is 10.0. The van der Waals surface area contributed by atoms with Crippen LogP contribution in [0.1, 0.15) is 70.5 Å². The molecule has 1 atom stereocenters. The summed E-state index contributed by atoms with van der Waals surface area (Å²) < 4.78 is 10.5. The van der Waals surface area contributed by atoms with Gasteiger partial charge in [-0.25, -0.2) is 4.79 Å². The van der Waals surface area contributed by atoms with Gasteiger partial charge in [-0.2, -0.15) is 0 Å². The van der Waals surface area contributed by atoms with E-state index in [1.165, 1.54) is 0 Å². The van der Waals surface area contributed by atoms with Crippen LogP contribution in [0.25, 0.3) is 0 Å². The Morgan fingerprint density at radius 2 is 1.59 bits per heavy atom. The number of methoxy groups -OCH3 is 1. The Balaban J connectivity index is 2.33. The highest BCUT2D eigenvalue weighted by atomic mass is 16.6. The summed E-state index contributed by atoms with van der Waals surface area (Å²) in [6, 6.07) is 13.7. The second-order valence-electron chi connectivity index (χ2n) is 10.0. The van der Waals surface area contributed by atoms with Gasteiger partial charge < -0.3 is 25.0 Å². The minimum atomic E-state index is -0.878. The van der Waals surface area contributed by atoms with E-state index in [1.54, 1.807) is 57.0 Å². The maximum absolute atomic E-state index is 13.7. The first-order chi connectivity index (χ1) is 17.5. The molecule has 0 bridgehead atoms. The van der Waals surface area contributed by atoms with Crippen LogP contribution in [0.15, 0.2) is 48.5 Å². The fourth-order valence-electron chi connectivity index (χ4n) is 3.78. The third-order valence-electron chi connectivity index (χ3n) is 5.67. The van der Waals surface area contributed by atoms with Gasteiger partial charge in [0, 0.05) is 12.2 Å². The first-order valence-electron chi connectivity index (χ1n) is 12.8. The Kier molecular flexibility index (Phi) is 11.4. The maximum Gasteiger partial charge on any atom is 0.408 e. The Morgan fingerprint density at radius 3 is 2.16 bits per heavy atom. The van der Waals surface area contributed by atoms with E-state index < -0.39 is 17.7 Å². The fraction of sp³-hybridized carbons (Fsp3) is 0.483. The van der Waals surface area contributed by atoms with E-state index in [0.717, 1.165) is 31.2 Å². The summed E-state index contributed by atoms with van der Waals surface area (Å²) in [6.45, 7) is 9.45. The van der Waals surface area contributed by atoms with Crippen LogP contribution in [0.5, 0.6) is 5.75 Å². The number of nitrogens with zero attached hydrogens (tertiary/aromatic N) is 1. The SMILES string of the molecule is CCCCCCN(C(=O)CNC(=O)OC(C)(C)C)C(C(=O)Nc1ccc(OC)cc1)c1ccc(C)cc1. The average molecular weight is 512 g/mol. The number of ether oxygens (including phenoxy) is 2. The fourth-order valence-corrected chi connectivity index (χ4v) is 3.78. The number of anilines is 1. The van der Waals surface area contributed by atoms with E-state index in [2.05, 4.69) is 17.6 Å². The van der Waals surface area contributed by atoms with Gasteiger partial charge in [0.05, 0.1) is 7.11 Å². The molecule has 202 valence electrons. The van der Waals surface area contributed by atoms with Crippen molar-refractivity contribution in [2.24, 2.45) is 0 Å². The van der Waals surface area contributed by atoms with Crippen LogP contribution >= 0.6 is 0 Å². The van der Waals surface area contributed by atoms with Crippen molar-refractivity contribution in [3.8, 4) is 5.75 Å². The highest BCUT2D eigenvalue weighted by Gasteiger charge is 2.31. The molecule has 0 fully saturated rings. The largest absolute Gasteiger partial charge is 0.497 e. The Bertz CT molecular complexity index is 1010. The summed E-state index contributed by atoms with van der Waals surface area (Å²) in [7, 11) is 1.58. The van der Waals surface area contributed by atoms with E-state index in [1.807, 2.05) is 31.2 Å². The van der Waals surface area contributed by atoms with Gasteiger partial charge in [0.25, 0.3) is 5.91 Å². The number of hydrogen-bond donors (Lipinski definition) is 2. The predicted octanol–water partition coefficient (Wildman–Crippen LogP) is 5.62. The van der Waals surface area contributed by atoms with Gasteiger partial charge in [-0.05, 0) is 63.9 Å². The number of nitrogens with one attached hydrogen (secondary N) is 2. The third-order valence-corrected chi connectivity index (χ3v) is 5.67. The quantitative estimate of drug-likeness (QED) is 0.361. The molecule has 0 saturated heterocycles. The summed E-state index contributed by atoms with van der Waals surface area (Å²) in [5.74, 6) is -0.0260. The molecule has 2 rings (SSSR count). The van der Waals surface area contributed by atoms with Gasteiger partial charge >= 0.3 is 6.09 Å². The lowest BCUT2D eigenvalue weighted by Crippen LogP contribution is -2.47. The Labute approximate surface area is 220 Å². The smallest absolute Gasteiger partial charge is 0.408 e. The molecule has 2 N–H and O–H groups in total. The summed E-state index contributed by atoms with van der Waals surface area (Å²) in [4.78, 5) is 40.9. The van der Waals surface area contributed by atoms with Crippen LogP contribution in [0, 0.1) is 6.92 Å². The van der Waals surface area contributed by atoms with Crippen molar-refractivity contribution in [2.45, 2.75) is 71.9 Å². The molecule has 8 nitrogen and oxygen atoms in total. The standard InChI is InChI=1S/C29H41N3O5/c1-7-8-9-10-19-32(25(33)20-30-28(35)37-29(3,4)5)26(22-13-11-21(2)12-14-22)27(34)31-23-15-17-24(36-6)18-16-23/h11-18,26H,7-10,19-20H2,1-6H3,(H,30,35)(H,31,34). The topological polar surface area (TPSA) is 97.0 Å². The number of alkyl carbamates (subject to hydrolysis) is 1. The Morgan fingerprint density at radius 1 is 0.946 bits per heavy atom. The van der Waals surface area contributed by atoms with E-state index in [0.29, 0.717) is 23.5 Å². The van der Waals surface area contributed by atoms with Crippen molar-refractivity contribution in [1.82, 2.24) is 10.2 Å². The number of aryl methyl sites for hydroxylation is 1. The average Bonchev–Trinajstić information content (AvgIpc) is 2.84. The zero-order valence-electron chi connectivity index (χ0n) is 22.9. The van der Waals surface area contributed by atoms with Crippen LogP contribution in [-0.4, -0.2) is 48.6 Å². The number of benzene rings is 2. The second kappa shape index (κ2) is 14.3. The van der Waals surface area contributed by atoms with Crippen molar-refractivity contribution in [2.75, 3.05) is 25.5 Å². The molecule has 0 saturated carbocycles. The number of carbonyl (C=O) groups is 3. The molecule has 0 aliphatic rings. The predicted molar refractivity (Wildman–Crippen MR) is 146 cm³/mol. The molecule has 1 unspecified atom stereocenters.